The number of fused-ring (bicyclic) bond motifs is 1. The predicted molar refractivity (Wildman–Crippen MR) is 81.5 cm³/mol. The molecule has 1 heterocycles. The molecule has 5 nitrogen and oxygen atoms in total. The van der Waals surface area contributed by atoms with Crippen LogP contribution >= 0.6 is 0 Å². The van der Waals surface area contributed by atoms with E-state index in [0.29, 0.717) is 22.3 Å². The van der Waals surface area contributed by atoms with Crippen LogP contribution in [-0.2, 0) is 0 Å². The lowest BCUT2D eigenvalue weighted by atomic mass is 10.2. The molecule has 0 aliphatic rings. The van der Waals surface area contributed by atoms with Gasteiger partial charge in [0.2, 0.25) is 0 Å². The second-order valence-electron chi connectivity index (χ2n) is 4.82. The largest absolute Gasteiger partial charge is 0.497 e. The predicted octanol–water partition coefficient (Wildman–Crippen LogP) is 2.00. The fourth-order valence-electron chi connectivity index (χ4n) is 2.33. The van der Waals surface area contributed by atoms with Crippen LogP contribution in [0.1, 0.15) is 5.56 Å². The Morgan fingerprint density at radius 1 is 1.10 bits per heavy atom. The molecule has 1 N–H and O–H groups in total. The molecule has 0 aliphatic heterocycles. The van der Waals surface area contributed by atoms with Gasteiger partial charge in [0.05, 0.1) is 23.7 Å². The SMILES string of the molecule is COc1ccc2c(=O)n(-c3cccc(C)c3)c(=O)[nH]c2c1. The molecule has 0 amide bonds. The lowest BCUT2D eigenvalue weighted by Gasteiger charge is -2.08. The summed E-state index contributed by atoms with van der Waals surface area (Å²) in [5, 5.41) is 0.442. The normalized spacial score (nSPS) is 10.8. The molecule has 0 bridgehead atoms. The fourth-order valence-corrected chi connectivity index (χ4v) is 2.33. The smallest absolute Gasteiger partial charge is 0.333 e. The number of H-pyrrole nitrogens is 1. The average molecular weight is 282 g/mol. The zero-order chi connectivity index (χ0) is 15.0. The molecule has 3 rings (SSSR count). The Hall–Kier alpha value is -2.82. The number of methoxy groups -OCH3 is 1. The van der Waals surface area contributed by atoms with E-state index in [9.17, 15) is 9.59 Å². The minimum atomic E-state index is -0.466. The second kappa shape index (κ2) is 4.94. The highest BCUT2D eigenvalue weighted by molar-refractivity contribution is 5.79. The van der Waals surface area contributed by atoms with Gasteiger partial charge in [0.1, 0.15) is 5.75 Å². The van der Waals surface area contributed by atoms with Crippen molar-refractivity contribution in [1.29, 1.82) is 0 Å². The van der Waals surface area contributed by atoms with Crippen molar-refractivity contribution in [3.05, 3.63) is 68.9 Å². The van der Waals surface area contributed by atoms with Crippen molar-refractivity contribution in [2.45, 2.75) is 6.92 Å². The first kappa shape index (κ1) is 13.2. The van der Waals surface area contributed by atoms with Gasteiger partial charge >= 0.3 is 5.69 Å². The number of hydrogen-bond donors (Lipinski definition) is 1. The zero-order valence-corrected chi connectivity index (χ0v) is 11.7. The molecular formula is C16H14N2O3. The van der Waals surface area contributed by atoms with Crippen molar-refractivity contribution < 1.29 is 4.74 Å². The summed E-state index contributed by atoms with van der Waals surface area (Å²) < 4.78 is 6.24. The van der Waals surface area contributed by atoms with Gasteiger partial charge in [0, 0.05) is 6.07 Å². The quantitative estimate of drug-likeness (QED) is 0.782. The van der Waals surface area contributed by atoms with Crippen LogP contribution in [-0.4, -0.2) is 16.7 Å². The van der Waals surface area contributed by atoms with Crippen molar-refractivity contribution in [2.24, 2.45) is 0 Å². The van der Waals surface area contributed by atoms with E-state index in [-0.39, 0.29) is 5.56 Å². The molecule has 21 heavy (non-hydrogen) atoms. The Morgan fingerprint density at radius 3 is 2.62 bits per heavy atom. The molecule has 0 unspecified atom stereocenters. The number of hydrogen-bond acceptors (Lipinski definition) is 3. The van der Waals surface area contributed by atoms with Crippen LogP contribution in [0.4, 0.5) is 0 Å². The molecule has 0 atom stereocenters. The fraction of sp³-hybridized carbons (Fsp3) is 0.125. The van der Waals surface area contributed by atoms with Crippen LogP contribution < -0.4 is 16.0 Å². The van der Waals surface area contributed by atoms with Crippen LogP contribution in [0, 0.1) is 6.92 Å². The maximum atomic E-state index is 12.6. The first-order valence-corrected chi connectivity index (χ1v) is 6.50. The molecule has 0 saturated heterocycles. The first-order valence-electron chi connectivity index (χ1n) is 6.50. The van der Waals surface area contributed by atoms with Gasteiger partial charge in [-0.25, -0.2) is 9.36 Å². The third-order valence-corrected chi connectivity index (χ3v) is 3.36. The highest BCUT2D eigenvalue weighted by Gasteiger charge is 2.10. The molecule has 1 aromatic heterocycles. The van der Waals surface area contributed by atoms with E-state index in [1.165, 1.54) is 7.11 Å². The summed E-state index contributed by atoms with van der Waals surface area (Å²) in [6, 6.07) is 12.2. The molecule has 2 aromatic carbocycles. The highest BCUT2D eigenvalue weighted by atomic mass is 16.5. The Balaban J connectivity index is 2.35. The van der Waals surface area contributed by atoms with E-state index in [1.807, 2.05) is 19.1 Å². The van der Waals surface area contributed by atoms with Crippen LogP contribution in [0.3, 0.4) is 0 Å². The van der Waals surface area contributed by atoms with Crippen molar-refractivity contribution in [3.8, 4) is 11.4 Å². The molecule has 0 saturated carbocycles. The topological polar surface area (TPSA) is 64.1 Å². The van der Waals surface area contributed by atoms with E-state index in [4.69, 9.17) is 4.74 Å². The molecule has 0 spiro atoms. The Kier molecular flexibility index (Phi) is 3.10. The van der Waals surface area contributed by atoms with Crippen molar-refractivity contribution in [1.82, 2.24) is 9.55 Å². The van der Waals surface area contributed by atoms with Gasteiger partial charge in [-0.1, -0.05) is 12.1 Å². The summed E-state index contributed by atoms with van der Waals surface area (Å²) in [5.74, 6) is 0.589. The number of nitrogens with one attached hydrogen (secondary N) is 1. The molecule has 106 valence electrons. The Bertz CT molecular complexity index is 938. The molecule has 5 heteroatoms. The van der Waals surface area contributed by atoms with Gasteiger partial charge < -0.3 is 9.72 Å². The molecular weight excluding hydrogens is 268 g/mol. The van der Waals surface area contributed by atoms with E-state index in [1.54, 1.807) is 30.3 Å². The van der Waals surface area contributed by atoms with Crippen molar-refractivity contribution in [3.63, 3.8) is 0 Å². The molecule has 0 radical (unpaired) electrons. The van der Waals surface area contributed by atoms with Gasteiger partial charge in [0.15, 0.2) is 0 Å². The Labute approximate surface area is 120 Å². The van der Waals surface area contributed by atoms with Crippen LogP contribution in [0.5, 0.6) is 5.75 Å². The summed E-state index contributed by atoms with van der Waals surface area (Å²) in [5.41, 5.74) is 1.19. The van der Waals surface area contributed by atoms with Gasteiger partial charge in [0.25, 0.3) is 5.56 Å². The molecule has 0 aliphatic carbocycles. The maximum Gasteiger partial charge on any atom is 0.333 e. The summed E-state index contributed by atoms with van der Waals surface area (Å²) in [6.07, 6.45) is 0. The van der Waals surface area contributed by atoms with Gasteiger partial charge in [-0.05, 0) is 36.8 Å². The number of ether oxygens (including phenoxy) is 1. The number of benzene rings is 2. The van der Waals surface area contributed by atoms with E-state index >= 15 is 0 Å². The van der Waals surface area contributed by atoms with E-state index < -0.39 is 5.69 Å². The van der Waals surface area contributed by atoms with Gasteiger partial charge in [-0.15, -0.1) is 0 Å². The van der Waals surface area contributed by atoms with Gasteiger partial charge in [-0.3, -0.25) is 4.79 Å². The molecule has 3 aromatic rings. The van der Waals surface area contributed by atoms with E-state index in [2.05, 4.69) is 4.98 Å². The summed E-state index contributed by atoms with van der Waals surface area (Å²) in [7, 11) is 1.53. The van der Waals surface area contributed by atoms with Crippen LogP contribution in [0.25, 0.3) is 16.6 Å². The monoisotopic (exact) mass is 282 g/mol. The van der Waals surface area contributed by atoms with Crippen LogP contribution in [0.2, 0.25) is 0 Å². The van der Waals surface area contributed by atoms with Crippen molar-refractivity contribution >= 4 is 10.9 Å². The average Bonchev–Trinajstić information content (AvgIpc) is 2.46. The van der Waals surface area contributed by atoms with E-state index in [0.717, 1.165) is 10.1 Å². The van der Waals surface area contributed by atoms with Gasteiger partial charge in [-0.2, -0.15) is 0 Å². The summed E-state index contributed by atoms with van der Waals surface area (Å²) in [6.45, 7) is 1.91. The van der Waals surface area contributed by atoms with Crippen molar-refractivity contribution in [2.75, 3.05) is 7.11 Å². The van der Waals surface area contributed by atoms with Crippen LogP contribution in [0.15, 0.2) is 52.1 Å². The third kappa shape index (κ3) is 2.23. The first-order chi connectivity index (χ1) is 10.1. The molecule has 0 fully saturated rings. The Morgan fingerprint density at radius 2 is 1.90 bits per heavy atom. The lowest BCUT2D eigenvalue weighted by Crippen LogP contribution is -2.33. The summed E-state index contributed by atoms with van der Waals surface area (Å²) in [4.78, 5) is 27.5. The lowest BCUT2D eigenvalue weighted by molar-refractivity contribution is 0.415. The second-order valence-corrected chi connectivity index (χ2v) is 4.82. The zero-order valence-electron chi connectivity index (χ0n) is 11.7. The number of aromatic amines is 1. The summed E-state index contributed by atoms with van der Waals surface area (Å²) >= 11 is 0. The number of aromatic nitrogens is 2. The number of aryl methyl sites for hydroxylation is 1. The number of nitrogens with zero attached hydrogens (tertiary/aromatic N) is 1. The minimum absolute atomic E-state index is 0.345. The number of rotatable bonds is 2. The highest BCUT2D eigenvalue weighted by Crippen LogP contribution is 2.16. The third-order valence-electron chi connectivity index (χ3n) is 3.36. The minimum Gasteiger partial charge on any atom is -0.497 e. The standard InChI is InChI=1S/C16H14N2O3/c1-10-4-3-5-11(8-10)18-15(19)13-7-6-12(21-2)9-14(13)17-16(18)20/h3-9H,1-2H3,(H,17,20). The maximum absolute atomic E-state index is 12.6.